The standard InChI is InChI=1S/C23H28ClN3O3/c1-23(29,16-26(2)3)15-25-22(28)18-14-27(20-10-6-4-8-17(18)20)12-13-30-21-11-7-5-9-19(21)24/h4-11,14,29H,12-13,15-16H2,1-3H3,(H,25,28). The molecule has 2 N–H and O–H groups in total. The van der Waals surface area contributed by atoms with Crippen molar-refractivity contribution in [1.82, 2.24) is 14.8 Å². The van der Waals surface area contributed by atoms with Gasteiger partial charge in [0.15, 0.2) is 0 Å². The van der Waals surface area contributed by atoms with Crippen LogP contribution in [0.3, 0.4) is 0 Å². The number of aromatic nitrogens is 1. The highest BCUT2D eigenvalue weighted by atomic mass is 35.5. The molecule has 0 saturated carbocycles. The predicted molar refractivity (Wildman–Crippen MR) is 120 cm³/mol. The molecule has 2 aromatic carbocycles. The van der Waals surface area contributed by atoms with Gasteiger partial charge in [-0.15, -0.1) is 0 Å². The summed E-state index contributed by atoms with van der Waals surface area (Å²) in [7, 11) is 3.77. The molecule has 0 aliphatic rings. The van der Waals surface area contributed by atoms with Crippen LogP contribution in [0.1, 0.15) is 17.3 Å². The normalized spacial score (nSPS) is 13.4. The number of amides is 1. The molecular formula is C23H28ClN3O3. The van der Waals surface area contributed by atoms with E-state index in [4.69, 9.17) is 16.3 Å². The zero-order chi connectivity index (χ0) is 21.7. The number of aliphatic hydroxyl groups is 1. The van der Waals surface area contributed by atoms with Crippen molar-refractivity contribution in [2.24, 2.45) is 0 Å². The number of hydrogen-bond donors (Lipinski definition) is 2. The molecule has 0 spiro atoms. The first-order valence-electron chi connectivity index (χ1n) is 9.87. The maximum Gasteiger partial charge on any atom is 0.253 e. The van der Waals surface area contributed by atoms with E-state index in [0.29, 0.717) is 36.0 Å². The van der Waals surface area contributed by atoms with E-state index in [1.807, 2.05) is 72.2 Å². The number of ether oxygens (including phenoxy) is 1. The van der Waals surface area contributed by atoms with Crippen LogP contribution in [-0.2, 0) is 6.54 Å². The second kappa shape index (κ2) is 9.51. The Bertz CT molecular complexity index is 1010. The van der Waals surface area contributed by atoms with Gasteiger partial charge in [-0.2, -0.15) is 0 Å². The quantitative estimate of drug-likeness (QED) is 0.547. The highest BCUT2D eigenvalue weighted by molar-refractivity contribution is 6.32. The Kier molecular flexibility index (Phi) is 7.02. The maximum atomic E-state index is 12.8. The molecule has 1 heterocycles. The van der Waals surface area contributed by atoms with Crippen LogP contribution < -0.4 is 10.1 Å². The van der Waals surface area contributed by atoms with Gasteiger partial charge in [0.1, 0.15) is 12.4 Å². The van der Waals surface area contributed by atoms with Gasteiger partial charge in [-0.1, -0.05) is 41.9 Å². The topological polar surface area (TPSA) is 66.7 Å². The summed E-state index contributed by atoms with van der Waals surface area (Å²) in [6.07, 6.45) is 1.83. The molecular weight excluding hydrogens is 402 g/mol. The van der Waals surface area contributed by atoms with Crippen LogP contribution in [0.2, 0.25) is 5.02 Å². The summed E-state index contributed by atoms with van der Waals surface area (Å²) in [4.78, 5) is 14.7. The molecule has 1 aromatic heterocycles. The highest BCUT2D eigenvalue weighted by Gasteiger charge is 2.23. The van der Waals surface area contributed by atoms with Crippen LogP contribution in [0.4, 0.5) is 0 Å². The molecule has 3 aromatic rings. The fourth-order valence-electron chi connectivity index (χ4n) is 3.53. The summed E-state index contributed by atoms with van der Waals surface area (Å²) in [5.74, 6) is 0.424. The number of nitrogens with zero attached hydrogens (tertiary/aromatic N) is 2. The molecule has 1 atom stereocenters. The van der Waals surface area contributed by atoms with Gasteiger partial charge < -0.3 is 24.6 Å². The van der Waals surface area contributed by atoms with Crippen molar-refractivity contribution in [2.45, 2.75) is 19.1 Å². The van der Waals surface area contributed by atoms with Gasteiger partial charge in [0.2, 0.25) is 0 Å². The molecule has 30 heavy (non-hydrogen) atoms. The van der Waals surface area contributed by atoms with Crippen molar-refractivity contribution in [3.8, 4) is 5.75 Å². The lowest BCUT2D eigenvalue weighted by molar-refractivity contribution is 0.0326. The third-order valence-electron chi connectivity index (χ3n) is 4.75. The second-order valence-corrected chi connectivity index (χ2v) is 8.36. The number of nitrogens with one attached hydrogen (secondary N) is 1. The molecule has 1 unspecified atom stereocenters. The van der Waals surface area contributed by atoms with Crippen molar-refractivity contribution >= 4 is 28.4 Å². The Morgan fingerprint density at radius 2 is 1.90 bits per heavy atom. The average molecular weight is 430 g/mol. The average Bonchev–Trinajstić information content (AvgIpc) is 3.06. The first-order chi connectivity index (χ1) is 14.3. The SMILES string of the molecule is CN(C)CC(C)(O)CNC(=O)c1cn(CCOc2ccccc2Cl)c2ccccc12. The Balaban J connectivity index is 1.72. The monoisotopic (exact) mass is 429 g/mol. The Labute approximate surface area is 182 Å². The molecule has 7 heteroatoms. The van der Waals surface area contributed by atoms with Crippen molar-refractivity contribution in [3.63, 3.8) is 0 Å². The molecule has 0 saturated heterocycles. The molecule has 1 amide bonds. The minimum atomic E-state index is -1.01. The zero-order valence-corrected chi connectivity index (χ0v) is 18.3. The second-order valence-electron chi connectivity index (χ2n) is 7.95. The van der Waals surface area contributed by atoms with Crippen LogP contribution in [0.25, 0.3) is 10.9 Å². The van der Waals surface area contributed by atoms with Crippen LogP contribution in [0.5, 0.6) is 5.75 Å². The van der Waals surface area contributed by atoms with Crippen LogP contribution >= 0.6 is 11.6 Å². The number of carbonyl (C=O) groups is 1. The van der Waals surface area contributed by atoms with E-state index < -0.39 is 5.60 Å². The third-order valence-corrected chi connectivity index (χ3v) is 5.06. The number of rotatable bonds is 9. The zero-order valence-electron chi connectivity index (χ0n) is 17.6. The van der Waals surface area contributed by atoms with E-state index in [-0.39, 0.29) is 12.5 Å². The van der Waals surface area contributed by atoms with Crippen molar-refractivity contribution in [1.29, 1.82) is 0 Å². The predicted octanol–water partition coefficient (Wildman–Crippen LogP) is 3.42. The van der Waals surface area contributed by atoms with E-state index in [1.54, 1.807) is 13.0 Å². The van der Waals surface area contributed by atoms with Gasteiger partial charge in [0, 0.05) is 30.2 Å². The number of hydrogen-bond acceptors (Lipinski definition) is 4. The number of fused-ring (bicyclic) bond motifs is 1. The number of halogens is 1. The number of carbonyl (C=O) groups excluding carboxylic acids is 1. The van der Waals surface area contributed by atoms with Crippen LogP contribution in [0, 0.1) is 0 Å². The van der Waals surface area contributed by atoms with Crippen molar-refractivity contribution in [3.05, 3.63) is 65.3 Å². The van der Waals surface area contributed by atoms with Gasteiger partial charge in [-0.25, -0.2) is 0 Å². The third kappa shape index (κ3) is 5.53. The molecule has 3 rings (SSSR count). The van der Waals surface area contributed by atoms with Gasteiger partial charge in [-0.05, 0) is 39.2 Å². The lowest BCUT2D eigenvalue weighted by Crippen LogP contribution is -2.47. The number of para-hydroxylation sites is 2. The summed E-state index contributed by atoms with van der Waals surface area (Å²) in [6.45, 7) is 3.31. The molecule has 0 radical (unpaired) electrons. The van der Waals surface area contributed by atoms with Crippen molar-refractivity contribution < 1.29 is 14.6 Å². The minimum Gasteiger partial charge on any atom is -0.490 e. The fourth-order valence-corrected chi connectivity index (χ4v) is 3.72. The van der Waals surface area contributed by atoms with Gasteiger partial charge in [0.25, 0.3) is 5.91 Å². The summed E-state index contributed by atoms with van der Waals surface area (Å²) in [5, 5.41) is 14.7. The smallest absolute Gasteiger partial charge is 0.253 e. The maximum absolute atomic E-state index is 12.8. The largest absolute Gasteiger partial charge is 0.490 e. The van der Waals surface area contributed by atoms with E-state index in [0.717, 1.165) is 10.9 Å². The van der Waals surface area contributed by atoms with Crippen LogP contribution in [-0.4, -0.2) is 59.9 Å². The number of likely N-dealkylation sites (N-methyl/N-ethyl adjacent to an activating group) is 1. The Hall–Kier alpha value is -2.54. The highest BCUT2D eigenvalue weighted by Crippen LogP contribution is 2.24. The van der Waals surface area contributed by atoms with Crippen molar-refractivity contribution in [2.75, 3.05) is 33.8 Å². The van der Waals surface area contributed by atoms with E-state index >= 15 is 0 Å². The van der Waals surface area contributed by atoms with Gasteiger partial charge in [0.05, 0.1) is 22.7 Å². The fraction of sp³-hybridized carbons (Fsp3) is 0.348. The molecule has 0 fully saturated rings. The van der Waals surface area contributed by atoms with E-state index in [2.05, 4.69) is 5.32 Å². The lowest BCUT2D eigenvalue weighted by Gasteiger charge is -2.27. The Morgan fingerprint density at radius 1 is 1.20 bits per heavy atom. The summed E-state index contributed by atoms with van der Waals surface area (Å²) in [5.41, 5.74) is 0.509. The molecule has 6 nitrogen and oxygen atoms in total. The first kappa shape index (κ1) is 22.2. The molecule has 0 bridgehead atoms. The Morgan fingerprint density at radius 3 is 2.63 bits per heavy atom. The summed E-state index contributed by atoms with van der Waals surface area (Å²) < 4.78 is 7.80. The van der Waals surface area contributed by atoms with Gasteiger partial charge >= 0.3 is 0 Å². The molecule has 160 valence electrons. The first-order valence-corrected chi connectivity index (χ1v) is 10.3. The van der Waals surface area contributed by atoms with E-state index in [1.165, 1.54) is 0 Å². The molecule has 0 aliphatic heterocycles. The molecule has 0 aliphatic carbocycles. The van der Waals surface area contributed by atoms with E-state index in [9.17, 15) is 9.90 Å². The minimum absolute atomic E-state index is 0.166. The lowest BCUT2D eigenvalue weighted by atomic mass is 10.1. The number of benzene rings is 2. The summed E-state index contributed by atoms with van der Waals surface area (Å²) in [6, 6.07) is 15.1. The van der Waals surface area contributed by atoms with Crippen LogP contribution in [0.15, 0.2) is 54.7 Å². The van der Waals surface area contributed by atoms with Gasteiger partial charge in [-0.3, -0.25) is 4.79 Å². The summed E-state index contributed by atoms with van der Waals surface area (Å²) >= 11 is 6.14.